The molecular weight excluding hydrogens is 234 g/mol. The van der Waals surface area contributed by atoms with Gasteiger partial charge in [-0.15, -0.1) is 0 Å². The number of nitrogens with one attached hydrogen (secondary N) is 1. The van der Waals surface area contributed by atoms with Crippen molar-refractivity contribution in [2.24, 2.45) is 0 Å². The zero-order valence-electron chi connectivity index (χ0n) is 10.9. The van der Waals surface area contributed by atoms with Crippen molar-refractivity contribution in [1.82, 2.24) is 5.32 Å². The van der Waals surface area contributed by atoms with Crippen LogP contribution in [0.15, 0.2) is 18.2 Å². The number of methoxy groups -OCH3 is 2. The topological polar surface area (TPSA) is 67.8 Å². The van der Waals surface area contributed by atoms with Crippen molar-refractivity contribution in [3.8, 4) is 11.5 Å². The highest BCUT2D eigenvalue weighted by atomic mass is 16.5. The molecule has 100 valence electrons. The van der Waals surface area contributed by atoms with Gasteiger partial charge in [0.2, 0.25) is 0 Å². The van der Waals surface area contributed by atoms with Gasteiger partial charge in [-0.2, -0.15) is 0 Å². The number of benzene rings is 1. The fourth-order valence-corrected chi connectivity index (χ4v) is 1.61. The minimum atomic E-state index is -0.391. The lowest BCUT2D eigenvalue weighted by Gasteiger charge is -2.15. The Kier molecular flexibility index (Phi) is 5.61. The van der Waals surface area contributed by atoms with Gasteiger partial charge in [0.25, 0.3) is 0 Å². The van der Waals surface area contributed by atoms with E-state index in [2.05, 4.69) is 5.32 Å². The molecule has 1 aromatic carbocycles. The van der Waals surface area contributed by atoms with E-state index < -0.39 is 6.04 Å². The molecule has 5 heteroatoms. The molecule has 0 heterocycles. The first kappa shape index (κ1) is 14.5. The maximum Gasteiger partial charge on any atom is 0.183 e. The normalized spacial score (nSPS) is 12.0. The molecule has 0 fully saturated rings. The van der Waals surface area contributed by atoms with Crippen LogP contribution in [-0.4, -0.2) is 44.3 Å². The second-order valence-corrected chi connectivity index (χ2v) is 3.83. The van der Waals surface area contributed by atoms with Gasteiger partial charge in [0.15, 0.2) is 5.78 Å². The van der Waals surface area contributed by atoms with Crippen LogP contribution in [-0.2, 0) is 0 Å². The number of carbonyl (C=O) groups is 1. The Hall–Kier alpha value is -1.59. The maximum absolute atomic E-state index is 12.2. The Bertz CT molecular complexity index is 406. The molecular formula is C13H19NO4. The maximum atomic E-state index is 12.2. The van der Waals surface area contributed by atoms with E-state index >= 15 is 0 Å². The number of carbonyl (C=O) groups excluding carboxylic acids is 1. The molecule has 0 aromatic heterocycles. The van der Waals surface area contributed by atoms with E-state index in [-0.39, 0.29) is 12.4 Å². The van der Waals surface area contributed by atoms with Gasteiger partial charge in [0, 0.05) is 6.54 Å². The molecule has 0 saturated carbocycles. The van der Waals surface area contributed by atoms with Gasteiger partial charge in [-0.05, 0) is 25.1 Å². The Labute approximate surface area is 107 Å². The molecule has 0 saturated heterocycles. The Morgan fingerprint density at radius 2 is 2.11 bits per heavy atom. The summed E-state index contributed by atoms with van der Waals surface area (Å²) in [7, 11) is 3.06. The van der Waals surface area contributed by atoms with E-state index in [1.165, 1.54) is 7.11 Å². The fourth-order valence-electron chi connectivity index (χ4n) is 1.61. The van der Waals surface area contributed by atoms with Gasteiger partial charge in [-0.1, -0.05) is 0 Å². The monoisotopic (exact) mass is 253 g/mol. The second-order valence-electron chi connectivity index (χ2n) is 3.83. The summed E-state index contributed by atoms with van der Waals surface area (Å²) in [6, 6.07) is 4.70. The zero-order chi connectivity index (χ0) is 13.5. The van der Waals surface area contributed by atoms with E-state index in [1.807, 2.05) is 0 Å². The highest BCUT2D eigenvalue weighted by Crippen LogP contribution is 2.25. The first-order valence-corrected chi connectivity index (χ1v) is 5.74. The van der Waals surface area contributed by atoms with Crippen LogP contribution < -0.4 is 14.8 Å². The minimum absolute atomic E-state index is 0.00708. The average Bonchev–Trinajstić information content (AvgIpc) is 2.43. The lowest BCUT2D eigenvalue weighted by Crippen LogP contribution is -2.35. The molecule has 5 nitrogen and oxygen atoms in total. The molecule has 0 spiro atoms. The second kappa shape index (κ2) is 6.98. The summed E-state index contributed by atoms with van der Waals surface area (Å²) < 4.78 is 10.3. The number of Topliss-reactive ketones (excluding diaryl/α,β-unsaturated/α-hetero) is 1. The smallest absolute Gasteiger partial charge is 0.183 e. The standard InChI is InChI=1S/C13H19NO4/c1-9(14-6-7-15)13(16)11-8-10(17-2)4-5-12(11)18-3/h4-5,8-9,14-15H,6-7H2,1-3H3. The fraction of sp³-hybridized carbons (Fsp3) is 0.462. The van der Waals surface area contributed by atoms with Gasteiger partial charge in [0.1, 0.15) is 11.5 Å². The molecule has 2 N–H and O–H groups in total. The molecule has 0 aliphatic heterocycles. The molecule has 0 amide bonds. The number of ketones is 1. The van der Waals surface area contributed by atoms with Crippen molar-refractivity contribution in [1.29, 1.82) is 0 Å². The van der Waals surface area contributed by atoms with Gasteiger partial charge in [0.05, 0.1) is 32.4 Å². The molecule has 1 unspecified atom stereocenters. The number of hydrogen-bond donors (Lipinski definition) is 2. The average molecular weight is 253 g/mol. The Morgan fingerprint density at radius 3 is 2.67 bits per heavy atom. The Morgan fingerprint density at radius 1 is 1.39 bits per heavy atom. The summed E-state index contributed by atoms with van der Waals surface area (Å²) >= 11 is 0. The van der Waals surface area contributed by atoms with Gasteiger partial charge in [-0.25, -0.2) is 0 Å². The van der Waals surface area contributed by atoms with Gasteiger partial charge >= 0.3 is 0 Å². The van der Waals surface area contributed by atoms with Gasteiger partial charge in [-0.3, -0.25) is 4.79 Å². The molecule has 1 atom stereocenters. The third-order valence-electron chi connectivity index (χ3n) is 2.63. The van der Waals surface area contributed by atoms with Crippen LogP contribution >= 0.6 is 0 Å². The molecule has 1 rings (SSSR count). The third-order valence-corrected chi connectivity index (χ3v) is 2.63. The van der Waals surface area contributed by atoms with Crippen LogP contribution in [0.25, 0.3) is 0 Å². The minimum Gasteiger partial charge on any atom is -0.497 e. The number of hydrogen-bond acceptors (Lipinski definition) is 5. The highest BCUT2D eigenvalue weighted by molar-refractivity contribution is 6.02. The van der Waals surface area contributed by atoms with E-state index in [1.54, 1.807) is 32.2 Å². The molecule has 18 heavy (non-hydrogen) atoms. The summed E-state index contributed by atoms with van der Waals surface area (Å²) in [4.78, 5) is 12.2. The summed E-state index contributed by atoms with van der Waals surface area (Å²) in [5.74, 6) is 1.02. The summed E-state index contributed by atoms with van der Waals surface area (Å²) in [5.41, 5.74) is 0.467. The summed E-state index contributed by atoms with van der Waals surface area (Å²) in [5, 5.41) is 11.7. The molecule has 1 aromatic rings. The van der Waals surface area contributed by atoms with Crippen LogP contribution in [0.1, 0.15) is 17.3 Å². The van der Waals surface area contributed by atoms with Crippen molar-refractivity contribution in [3.05, 3.63) is 23.8 Å². The summed E-state index contributed by atoms with van der Waals surface area (Å²) in [6.07, 6.45) is 0. The van der Waals surface area contributed by atoms with E-state index in [0.717, 1.165) is 0 Å². The van der Waals surface area contributed by atoms with Crippen molar-refractivity contribution >= 4 is 5.78 Å². The van der Waals surface area contributed by atoms with E-state index in [0.29, 0.717) is 23.6 Å². The van der Waals surface area contributed by atoms with Crippen molar-refractivity contribution in [3.63, 3.8) is 0 Å². The SMILES string of the molecule is COc1ccc(OC)c(C(=O)C(C)NCCO)c1. The van der Waals surface area contributed by atoms with Crippen LogP contribution in [0.2, 0.25) is 0 Å². The first-order valence-electron chi connectivity index (χ1n) is 5.74. The van der Waals surface area contributed by atoms with E-state index in [9.17, 15) is 4.79 Å². The predicted octanol–water partition coefficient (Wildman–Crippen LogP) is 0.857. The molecule has 0 aliphatic carbocycles. The van der Waals surface area contributed by atoms with Crippen molar-refractivity contribution in [2.45, 2.75) is 13.0 Å². The zero-order valence-corrected chi connectivity index (χ0v) is 10.9. The largest absolute Gasteiger partial charge is 0.497 e. The van der Waals surface area contributed by atoms with Crippen LogP contribution in [0.4, 0.5) is 0 Å². The molecule has 0 radical (unpaired) electrons. The number of aliphatic hydroxyl groups excluding tert-OH is 1. The van der Waals surface area contributed by atoms with Gasteiger partial charge < -0.3 is 19.9 Å². The van der Waals surface area contributed by atoms with Crippen molar-refractivity contribution < 1.29 is 19.4 Å². The number of ether oxygens (including phenoxy) is 2. The van der Waals surface area contributed by atoms with Crippen molar-refractivity contribution in [2.75, 3.05) is 27.4 Å². The quantitative estimate of drug-likeness (QED) is 0.705. The molecule has 0 bridgehead atoms. The number of aliphatic hydroxyl groups is 1. The summed E-state index contributed by atoms with van der Waals surface area (Å²) in [6.45, 7) is 2.11. The Balaban J connectivity index is 2.95. The first-order chi connectivity index (χ1) is 8.63. The van der Waals surface area contributed by atoms with E-state index in [4.69, 9.17) is 14.6 Å². The highest BCUT2D eigenvalue weighted by Gasteiger charge is 2.19. The lowest BCUT2D eigenvalue weighted by atomic mass is 10.0. The molecule has 0 aliphatic rings. The van der Waals surface area contributed by atoms with Crippen LogP contribution in [0.3, 0.4) is 0 Å². The third kappa shape index (κ3) is 3.45. The lowest BCUT2D eigenvalue weighted by molar-refractivity contribution is 0.0945. The number of rotatable bonds is 7. The van der Waals surface area contributed by atoms with Crippen LogP contribution in [0.5, 0.6) is 11.5 Å². The predicted molar refractivity (Wildman–Crippen MR) is 68.4 cm³/mol. The van der Waals surface area contributed by atoms with Crippen LogP contribution in [0, 0.1) is 0 Å².